The summed E-state index contributed by atoms with van der Waals surface area (Å²) in [6.45, 7) is 1.78. The van der Waals surface area contributed by atoms with Crippen molar-refractivity contribution in [3.63, 3.8) is 0 Å². The number of fused-ring (bicyclic) bond motifs is 1. The van der Waals surface area contributed by atoms with Gasteiger partial charge >= 0.3 is 0 Å². The maximum atomic E-state index is 10.1. The van der Waals surface area contributed by atoms with Crippen molar-refractivity contribution in [1.29, 1.82) is 0 Å². The number of methoxy groups -OCH3 is 1. The summed E-state index contributed by atoms with van der Waals surface area (Å²) in [5, 5.41) is 14.5. The van der Waals surface area contributed by atoms with Gasteiger partial charge in [0.05, 0.1) is 23.9 Å². The van der Waals surface area contributed by atoms with Gasteiger partial charge in [-0.3, -0.25) is 4.90 Å². The maximum Gasteiger partial charge on any atom is 0.150 e. The fraction of sp³-hybridized carbons (Fsp3) is 0.842. The normalized spacial score (nSPS) is 35.2. The van der Waals surface area contributed by atoms with Crippen LogP contribution in [0.5, 0.6) is 0 Å². The zero-order valence-electron chi connectivity index (χ0n) is 14.7. The highest BCUT2D eigenvalue weighted by Crippen LogP contribution is 2.43. The van der Waals surface area contributed by atoms with Crippen LogP contribution in [-0.2, 0) is 11.3 Å². The molecule has 0 amide bonds. The molecule has 1 saturated heterocycles. The molecule has 1 aromatic heterocycles. The van der Waals surface area contributed by atoms with E-state index in [4.69, 9.17) is 9.26 Å². The van der Waals surface area contributed by atoms with Gasteiger partial charge in [-0.25, -0.2) is 0 Å². The SMILES string of the molecule is CO[C@@]12CC[C@@H](O)C[C@@H]1N(Cc1cc(C3CCCCC3)no1)CC2. The van der Waals surface area contributed by atoms with Crippen molar-refractivity contribution in [2.75, 3.05) is 13.7 Å². The molecule has 0 bridgehead atoms. The first kappa shape index (κ1) is 16.6. The average molecular weight is 334 g/mol. The number of rotatable bonds is 4. The Bertz CT molecular complexity index is 555. The van der Waals surface area contributed by atoms with Crippen molar-refractivity contribution in [2.24, 2.45) is 0 Å². The van der Waals surface area contributed by atoms with E-state index in [1.165, 1.54) is 32.1 Å². The van der Waals surface area contributed by atoms with E-state index in [1.807, 2.05) is 7.11 Å². The van der Waals surface area contributed by atoms with Gasteiger partial charge in [0.15, 0.2) is 5.76 Å². The lowest BCUT2D eigenvalue weighted by molar-refractivity contribution is -0.0886. The monoisotopic (exact) mass is 334 g/mol. The van der Waals surface area contributed by atoms with Gasteiger partial charge in [0.1, 0.15) is 0 Å². The molecule has 0 aromatic carbocycles. The van der Waals surface area contributed by atoms with Crippen LogP contribution in [0.4, 0.5) is 0 Å². The molecule has 5 nitrogen and oxygen atoms in total. The Morgan fingerprint density at radius 1 is 1.29 bits per heavy atom. The number of hydrogen-bond acceptors (Lipinski definition) is 5. The van der Waals surface area contributed by atoms with Crippen LogP contribution in [-0.4, -0.2) is 46.6 Å². The Labute approximate surface area is 144 Å². The quantitative estimate of drug-likeness (QED) is 0.916. The minimum atomic E-state index is -0.202. The van der Waals surface area contributed by atoms with Crippen LogP contribution in [0.1, 0.15) is 75.2 Å². The fourth-order valence-corrected chi connectivity index (χ4v) is 5.15. The Hall–Kier alpha value is -0.910. The fourth-order valence-electron chi connectivity index (χ4n) is 5.15. The van der Waals surface area contributed by atoms with Crippen LogP contribution in [0.2, 0.25) is 0 Å². The number of hydrogen-bond donors (Lipinski definition) is 1. The molecule has 1 aliphatic heterocycles. The van der Waals surface area contributed by atoms with E-state index < -0.39 is 0 Å². The van der Waals surface area contributed by atoms with E-state index in [2.05, 4.69) is 16.1 Å². The Balaban J connectivity index is 1.44. The summed E-state index contributed by atoms with van der Waals surface area (Å²) < 4.78 is 11.6. The molecular weight excluding hydrogens is 304 g/mol. The highest BCUT2D eigenvalue weighted by Gasteiger charge is 2.50. The third-order valence-corrected chi connectivity index (χ3v) is 6.63. The van der Waals surface area contributed by atoms with Gasteiger partial charge in [0.25, 0.3) is 0 Å². The van der Waals surface area contributed by atoms with Crippen molar-refractivity contribution >= 4 is 0 Å². The van der Waals surface area contributed by atoms with Crippen LogP contribution in [0.3, 0.4) is 0 Å². The van der Waals surface area contributed by atoms with Gasteiger partial charge < -0.3 is 14.4 Å². The van der Waals surface area contributed by atoms with E-state index >= 15 is 0 Å². The first-order chi connectivity index (χ1) is 11.7. The van der Waals surface area contributed by atoms with Gasteiger partial charge in [0.2, 0.25) is 0 Å². The molecule has 2 aliphatic carbocycles. The predicted octanol–water partition coefficient (Wildman–Crippen LogP) is 3.23. The first-order valence-electron chi connectivity index (χ1n) is 9.63. The summed E-state index contributed by atoms with van der Waals surface area (Å²) in [7, 11) is 1.82. The molecule has 4 rings (SSSR count). The summed E-state index contributed by atoms with van der Waals surface area (Å²) in [5.74, 6) is 1.55. The highest BCUT2D eigenvalue weighted by atomic mass is 16.5. The molecule has 0 radical (unpaired) electrons. The molecule has 2 saturated carbocycles. The first-order valence-corrected chi connectivity index (χ1v) is 9.63. The van der Waals surface area contributed by atoms with Gasteiger partial charge in [-0.1, -0.05) is 24.4 Å². The van der Waals surface area contributed by atoms with Crippen molar-refractivity contribution in [1.82, 2.24) is 10.1 Å². The van der Waals surface area contributed by atoms with Gasteiger partial charge in [-0.15, -0.1) is 0 Å². The van der Waals surface area contributed by atoms with Crippen LogP contribution in [0, 0.1) is 0 Å². The van der Waals surface area contributed by atoms with Crippen molar-refractivity contribution in [3.8, 4) is 0 Å². The van der Waals surface area contributed by atoms with Gasteiger partial charge in [0, 0.05) is 31.7 Å². The van der Waals surface area contributed by atoms with Crippen molar-refractivity contribution in [2.45, 2.75) is 88.0 Å². The number of aliphatic hydroxyl groups excluding tert-OH is 1. The molecule has 3 aliphatic rings. The minimum Gasteiger partial charge on any atom is -0.393 e. The summed E-state index contributed by atoms with van der Waals surface area (Å²) in [4.78, 5) is 2.43. The van der Waals surface area contributed by atoms with E-state index in [0.29, 0.717) is 5.92 Å². The second kappa shape index (κ2) is 6.77. The summed E-state index contributed by atoms with van der Waals surface area (Å²) in [6.07, 6.45) is 9.94. The lowest BCUT2D eigenvalue weighted by Gasteiger charge is -2.42. The molecule has 1 aromatic rings. The standard InChI is InChI=1S/C19H30N2O3/c1-23-19-8-7-15(22)11-18(19)21(10-9-19)13-16-12-17(20-24-16)14-5-3-2-4-6-14/h12,14-15,18,22H,2-11,13H2,1H3/t15-,18+,19-/m1/s1. The highest BCUT2D eigenvalue weighted by molar-refractivity contribution is 5.13. The molecule has 134 valence electrons. The predicted molar refractivity (Wildman–Crippen MR) is 90.7 cm³/mol. The Kier molecular flexibility index (Phi) is 4.67. The minimum absolute atomic E-state index is 0.0779. The lowest BCUT2D eigenvalue weighted by Crippen LogP contribution is -2.51. The topological polar surface area (TPSA) is 58.7 Å². The van der Waals surface area contributed by atoms with Crippen molar-refractivity contribution in [3.05, 3.63) is 17.5 Å². The number of aliphatic hydroxyl groups is 1. The second-order valence-electron chi connectivity index (χ2n) is 7.99. The molecule has 5 heteroatoms. The van der Waals surface area contributed by atoms with Gasteiger partial charge in [-0.05, 0) is 38.5 Å². The van der Waals surface area contributed by atoms with Crippen molar-refractivity contribution < 1.29 is 14.4 Å². The zero-order chi connectivity index (χ0) is 16.6. The Morgan fingerprint density at radius 3 is 2.92 bits per heavy atom. The molecule has 24 heavy (non-hydrogen) atoms. The number of likely N-dealkylation sites (tertiary alicyclic amines) is 1. The van der Waals surface area contributed by atoms with Crippen LogP contribution < -0.4 is 0 Å². The lowest BCUT2D eigenvalue weighted by atomic mass is 9.79. The van der Waals surface area contributed by atoms with E-state index in [-0.39, 0.29) is 17.7 Å². The van der Waals surface area contributed by atoms with E-state index in [1.54, 1.807) is 0 Å². The largest absolute Gasteiger partial charge is 0.393 e. The molecular formula is C19H30N2O3. The molecule has 0 spiro atoms. The number of aromatic nitrogens is 1. The molecule has 3 atom stereocenters. The zero-order valence-corrected chi connectivity index (χ0v) is 14.7. The van der Waals surface area contributed by atoms with E-state index in [0.717, 1.165) is 50.2 Å². The molecule has 0 unspecified atom stereocenters. The molecule has 1 N–H and O–H groups in total. The van der Waals surface area contributed by atoms with Gasteiger partial charge in [-0.2, -0.15) is 0 Å². The average Bonchev–Trinajstić information content (AvgIpc) is 3.22. The van der Waals surface area contributed by atoms with E-state index in [9.17, 15) is 5.11 Å². The maximum absolute atomic E-state index is 10.1. The summed E-state index contributed by atoms with van der Waals surface area (Å²) in [5.41, 5.74) is 1.07. The number of ether oxygens (including phenoxy) is 1. The number of nitrogens with zero attached hydrogens (tertiary/aromatic N) is 2. The van der Waals surface area contributed by atoms with Crippen LogP contribution >= 0.6 is 0 Å². The summed E-state index contributed by atoms with van der Waals surface area (Å²) in [6, 6.07) is 2.46. The molecule has 2 heterocycles. The third-order valence-electron chi connectivity index (χ3n) is 6.63. The second-order valence-corrected chi connectivity index (χ2v) is 7.99. The smallest absolute Gasteiger partial charge is 0.150 e. The third kappa shape index (κ3) is 3.02. The Morgan fingerprint density at radius 2 is 2.12 bits per heavy atom. The summed E-state index contributed by atoms with van der Waals surface area (Å²) >= 11 is 0. The molecule has 3 fully saturated rings. The van der Waals surface area contributed by atoms with Crippen LogP contribution in [0.25, 0.3) is 0 Å². The van der Waals surface area contributed by atoms with Crippen LogP contribution in [0.15, 0.2) is 10.6 Å².